The monoisotopic (exact) mass is 297 g/mol. The van der Waals surface area contributed by atoms with Crippen LogP contribution < -0.4 is 15.4 Å². The average molecular weight is 298 g/mol. The van der Waals surface area contributed by atoms with Gasteiger partial charge in [-0.1, -0.05) is 30.1 Å². The molecule has 5 N–H and O–H groups in total. The van der Waals surface area contributed by atoms with Gasteiger partial charge in [-0.15, -0.1) is 0 Å². The fraction of sp³-hybridized carbons (Fsp3) is 0.750. The summed E-state index contributed by atoms with van der Waals surface area (Å²) in [6.07, 6.45) is 0.187. The van der Waals surface area contributed by atoms with Crippen molar-refractivity contribution in [2.45, 2.75) is 17.7 Å². The number of nitrogens with two attached hydrogens (primary N) is 2. The molecule has 0 bridgehead atoms. The highest BCUT2D eigenvalue weighted by Gasteiger charge is 2.36. The number of alkyl halides is 2. The van der Waals surface area contributed by atoms with Gasteiger partial charge in [0.05, 0.1) is 0 Å². The Labute approximate surface area is 100 Å². The third-order valence-corrected chi connectivity index (χ3v) is 6.96. The SMILES string of the molecule is CCC(Cl)(Cl)C(=O)NP(=O)(SN)SN. The maximum Gasteiger partial charge on any atom is 0.308 e. The quantitative estimate of drug-likeness (QED) is 0.408. The Kier molecular flexibility index (Phi) is 6.22. The minimum atomic E-state index is -3.23. The Morgan fingerprint density at radius 2 is 1.93 bits per heavy atom. The fourth-order valence-corrected chi connectivity index (χ4v) is 2.68. The topological polar surface area (TPSA) is 98.2 Å². The molecule has 0 aliphatic carbocycles. The molecule has 0 saturated heterocycles. The lowest BCUT2D eigenvalue weighted by molar-refractivity contribution is -0.120. The van der Waals surface area contributed by atoms with Gasteiger partial charge in [0.15, 0.2) is 4.33 Å². The lowest BCUT2D eigenvalue weighted by atomic mass is 10.3. The summed E-state index contributed by atoms with van der Waals surface area (Å²) >= 11 is 12.2. The first-order valence-corrected chi connectivity index (χ1v) is 8.82. The van der Waals surface area contributed by atoms with E-state index in [2.05, 4.69) is 5.09 Å². The second-order valence-corrected chi connectivity index (χ2v) is 10.4. The second kappa shape index (κ2) is 5.84. The van der Waals surface area contributed by atoms with E-state index in [4.69, 9.17) is 33.5 Å². The summed E-state index contributed by atoms with van der Waals surface area (Å²) in [5.74, 6) is -0.762. The van der Waals surface area contributed by atoms with Gasteiger partial charge in [-0.25, -0.2) is 0 Å². The molecule has 0 unspecified atom stereocenters. The fourth-order valence-electron chi connectivity index (χ4n) is 0.444. The van der Waals surface area contributed by atoms with E-state index in [-0.39, 0.29) is 6.42 Å². The maximum atomic E-state index is 11.6. The number of carbonyl (C=O) groups excluding carboxylic acids is 1. The lowest BCUT2D eigenvalue weighted by Crippen LogP contribution is -2.35. The van der Waals surface area contributed by atoms with Gasteiger partial charge >= 0.3 is 5.70 Å². The number of carbonyl (C=O) groups is 1. The van der Waals surface area contributed by atoms with E-state index >= 15 is 0 Å². The Morgan fingerprint density at radius 1 is 1.50 bits per heavy atom. The van der Waals surface area contributed by atoms with Crippen LogP contribution in [-0.4, -0.2) is 10.2 Å². The summed E-state index contributed by atoms with van der Waals surface area (Å²) < 4.78 is 9.94. The van der Waals surface area contributed by atoms with Crippen LogP contribution in [0.1, 0.15) is 13.3 Å². The van der Waals surface area contributed by atoms with Gasteiger partial charge in [-0.3, -0.25) is 24.7 Å². The summed E-state index contributed by atoms with van der Waals surface area (Å²) in [7, 11) is 0. The van der Waals surface area contributed by atoms with Gasteiger partial charge in [0.2, 0.25) is 0 Å². The first kappa shape index (κ1) is 14.9. The number of nitrogens with one attached hydrogen (secondary N) is 1. The third-order valence-electron chi connectivity index (χ3n) is 1.29. The highest BCUT2D eigenvalue weighted by molar-refractivity contribution is 8.89. The molecule has 0 aliphatic heterocycles. The zero-order valence-corrected chi connectivity index (χ0v) is 11.2. The Morgan fingerprint density at radius 3 is 2.21 bits per heavy atom. The van der Waals surface area contributed by atoms with E-state index in [0.717, 1.165) is 0 Å². The Bertz CT molecular complexity index is 257. The standard InChI is InChI=1S/C4H10Cl2N3O2PS2/c1-2-4(5,6)3(10)9-12(11,13-7)14-8/h2,7-8H2,1H3,(H,9,10,11). The predicted octanol–water partition coefficient (Wildman–Crippen LogP) is 2.01. The Balaban J connectivity index is 4.54. The van der Waals surface area contributed by atoms with Gasteiger partial charge in [0, 0.05) is 23.1 Å². The van der Waals surface area contributed by atoms with E-state index < -0.39 is 15.9 Å². The van der Waals surface area contributed by atoms with Crippen molar-refractivity contribution in [1.29, 1.82) is 0 Å². The highest BCUT2D eigenvalue weighted by Crippen LogP contribution is 2.60. The molecule has 1 amide bonds. The molecular formula is C4H10Cl2N3O2PS2. The first-order valence-electron chi connectivity index (χ1n) is 3.39. The molecule has 0 aromatic rings. The maximum absolute atomic E-state index is 11.6. The number of hydrogen-bond acceptors (Lipinski definition) is 6. The number of amides is 1. The van der Waals surface area contributed by atoms with Crippen LogP contribution in [0, 0.1) is 0 Å². The molecule has 0 aromatic heterocycles. The second-order valence-electron chi connectivity index (χ2n) is 2.21. The van der Waals surface area contributed by atoms with E-state index in [0.29, 0.717) is 23.1 Å². The smallest absolute Gasteiger partial charge is 0.286 e. The van der Waals surface area contributed by atoms with Crippen molar-refractivity contribution in [3.8, 4) is 0 Å². The van der Waals surface area contributed by atoms with Crippen LogP contribution in [0.25, 0.3) is 0 Å². The van der Waals surface area contributed by atoms with Gasteiger partial charge in [-0.2, -0.15) is 0 Å². The van der Waals surface area contributed by atoms with Crippen LogP contribution in [0.4, 0.5) is 0 Å². The molecule has 0 spiro atoms. The summed E-state index contributed by atoms with van der Waals surface area (Å²) in [6, 6.07) is 0. The zero-order valence-electron chi connectivity index (χ0n) is 7.20. The minimum absolute atomic E-state index is 0.187. The molecule has 0 heterocycles. The molecule has 5 nitrogen and oxygen atoms in total. The molecule has 0 radical (unpaired) electrons. The van der Waals surface area contributed by atoms with Crippen molar-refractivity contribution in [2.24, 2.45) is 10.3 Å². The summed E-state index contributed by atoms with van der Waals surface area (Å²) in [4.78, 5) is 11.3. The summed E-state index contributed by atoms with van der Waals surface area (Å²) in [5, 5.41) is 12.3. The van der Waals surface area contributed by atoms with Crippen LogP contribution in [0.15, 0.2) is 0 Å². The molecule has 0 fully saturated rings. The summed E-state index contributed by atoms with van der Waals surface area (Å²) in [5.41, 5.74) is -3.23. The largest absolute Gasteiger partial charge is 0.308 e. The molecule has 0 aliphatic rings. The lowest BCUT2D eigenvalue weighted by Gasteiger charge is -2.19. The number of halogens is 2. The first-order chi connectivity index (χ1) is 6.31. The molecule has 0 rings (SSSR count). The van der Waals surface area contributed by atoms with Crippen molar-refractivity contribution >= 4 is 57.9 Å². The predicted molar refractivity (Wildman–Crippen MR) is 64.0 cm³/mol. The normalized spacial score (nSPS) is 12.6. The van der Waals surface area contributed by atoms with Crippen molar-refractivity contribution in [3.63, 3.8) is 0 Å². The minimum Gasteiger partial charge on any atom is -0.286 e. The van der Waals surface area contributed by atoms with Crippen LogP contribution in [0.5, 0.6) is 0 Å². The molecule has 84 valence electrons. The van der Waals surface area contributed by atoms with Gasteiger partial charge in [-0.05, 0) is 6.42 Å². The van der Waals surface area contributed by atoms with Crippen LogP contribution >= 0.6 is 52.0 Å². The molecule has 0 aromatic carbocycles. The van der Waals surface area contributed by atoms with E-state index in [1.165, 1.54) is 0 Å². The van der Waals surface area contributed by atoms with Crippen molar-refractivity contribution < 1.29 is 9.36 Å². The van der Waals surface area contributed by atoms with E-state index in [1.54, 1.807) is 6.92 Å². The summed E-state index contributed by atoms with van der Waals surface area (Å²) in [6.45, 7) is 1.62. The van der Waals surface area contributed by atoms with E-state index in [9.17, 15) is 9.36 Å². The number of hydrogen-bond donors (Lipinski definition) is 3. The van der Waals surface area contributed by atoms with Crippen molar-refractivity contribution in [2.75, 3.05) is 0 Å². The van der Waals surface area contributed by atoms with Gasteiger partial charge < -0.3 is 0 Å². The van der Waals surface area contributed by atoms with E-state index in [1.807, 2.05) is 0 Å². The molecule has 10 heteroatoms. The Hall–Kier alpha value is 0.900. The molecule has 14 heavy (non-hydrogen) atoms. The highest BCUT2D eigenvalue weighted by atomic mass is 35.5. The van der Waals surface area contributed by atoms with Crippen LogP contribution in [0.2, 0.25) is 0 Å². The van der Waals surface area contributed by atoms with Gasteiger partial charge in [0.25, 0.3) is 5.91 Å². The third kappa shape index (κ3) is 4.18. The molecule has 0 atom stereocenters. The number of rotatable bonds is 5. The average Bonchev–Trinajstić information content (AvgIpc) is 2.17. The molecule has 0 saturated carbocycles. The van der Waals surface area contributed by atoms with Crippen LogP contribution in [0.3, 0.4) is 0 Å². The molecular weight excluding hydrogens is 288 g/mol. The van der Waals surface area contributed by atoms with Gasteiger partial charge in [0.1, 0.15) is 0 Å². The van der Waals surface area contributed by atoms with Crippen molar-refractivity contribution in [3.05, 3.63) is 0 Å². The zero-order chi connectivity index (χ0) is 11.4. The van der Waals surface area contributed by atoms with Crippen LogP contribution in [-0.2, 0) is 9.36 Å². The van der Waals surface area contributed by atoms with Crippen molar-refractivity contribution in [1.82, 2.24) is 5.09 Å².